The van der Waals surface area contributed by atoms with E-state index in [4.69, 9.17) is 12.2 Å². The Bertz CT molecular complexity index is 705. The summed E-state index contributed by atoms with van der Waals surface area (Å²) in [5.74, 6) is -0.0108. The highest BCUT2D eigenvalue weighted by Crippen LogP contribution is 2.37. The minimum Gasteiger partial charge on any atom is -0.492 e. The SMILES string of the molecule is C=CCNn1c(O)c(N=NC(=S)N(C)C)c2ccccc21. The molecule has 1 aromatic carbocycles. The van der Waals surface area contributed by atoms with Crippen LogP contribution in [-0.4, -0.2) is 40.4 Å². The summed E-state index contributed by atoms with van der Waals surface area (Å²) in [6.45, 7) is 4.16. The number of rotatable bonds is 4. The molecule has 0 unspecified atom stereocenters. The van der Waals surface area contributed by atoms with Crippen molar-refractivity contribution in [1.29, 1.82) is 0 Å². The quantitative estimate of drug-likeness (QED) is 0.518. The first-order valence-corrected chi connectivity index (χ1v) is 6.77. The van der Waals surface area contributed by atoms with Crippen LogP contribution in [0.15, 0.2) is 47.1 Å². The smallest absolute Gasteiger partial charge is 0.239 e. The third kappa shape index (κ3) is 3.03. The van der Waals surface area contributed by atoms with Gasteiger partial charge in [0.15, 0.2) is 5.69 Å². The number of thiocarbonyl (C=S) groups is 1. The average molecular weight is 303 g/mol. The van der Waals surface area contributed by atoms with Crippen LogP contribution >= 0.6 is 12.2 Å². The van der Waals surface area contributed by atoms with Gasteiger partial charge in [0.1, 0.15) is 0 Å². The summed E-state index contributed by atoms with van der Waals surface area (Å²) in [5.41, 5.74) is 4.23. The van der Waals surface area contributed by atoms with Crippen molar-refractivity contribution >= 4 is 33.9 Å². The molecule has 0 spiro atoms. The van der Waals surface area contributed by atoms with Crippen molar-refractivity contribution in [3.05, 3.63) is 36.9 Å². The Balaban J connectivity index is 2.50. The van der Waals surface area contributed by atoms with E-state index in [1.165, 1.54) is 0 Å². The summed E-state index contributed by atoms with van der Waals surface area (Å²) in [6.07, 6.45) is 1.70. The molecule has 0 aliphatic rings. The van der Waals surface area contributed by atoms with E-state index in [1.54, 1.807) is 29.7 Å². The molecule has 0 atom stereocenters. The molecular weight excluding hydrogens is 286 g/mol. The highest BCUT2D eigenvalue weighted by Gasteiger charge is 2.16. The van der Waals surface area contributed by atoms with Crippen LogP contribution in [0.5, 0.6) is 5.88 Å². The number of azo groups is 1. The van der Waals surface area contributed by atoms with Crippen molar-refractivity contribution in [2.75, 3.05) is 26.1 Å². The highest BCUT2D eigenvalue weighted by molar-refractivity contribution is 7.80. The fraction of sp³-hybridized carbons (Fsp3) is 0.214. The van der Waals surface area contributed by atoms with Gasteiger partial charge in [0.2, 0.25) is 11.0 Å². The fourth-order valence-electron chi connectivity index (χ4n) is 1.81. The van der Waals surface area contributed by atoms with Crippen LogP contribution in [-0.2, 0) is 0 Å². The number of hydrogen-bond acceptors (Lipinski definition) is 4. The molecular formula is C14H17N5OS. The lowest BCUT2D eigenvalue weighted by Crippen LogP contribution is -2.16. The molecule has 110 valence electrons. The van der Waals surface area contributed by atoms with E-state index in [9.17, 15) is 5.11 Å². The van der Waals surface area contributed by atoms with Crippen molar-refractivity contribution < 1.29 is 5.11 Å². The Morgan fingerprint density at radius 2 is 2.19 bits per heavy atom. The predicted octanol–water partition coefficient (Wildman–Crippen LogP) is 3.01. The summed E-state index contributed by atoms with van der Waals surface area (Å²) in [4.78, 5) is 1.67. The second kappa shape index (κ2) is 6.36. The fourth-order valence-corrected chi connectivity index (χ4v) is 1.85. The van der Waals surface area contributed by atoms with E-state index in [0.29, 0.717) is 17.3 Å². The van der Waals surface area contributed by atoms with Crippen LogP contribution in [0.1, 0.15) is 0 Å². The standard InChI is InChI=1S/C14H17N5OS/c1-4-9-15-19-11-8-6-5-7-10(11)12(13(19)20)16-17-14(21)18(2)3/h4-8,15,20H,1,9H2,2-3H3. The molecule has 7 heteroatoms. The number of para-hydroxylation sites is 1. The average Bonchev–Trinajstić information content (AvgIpc) is 2.74. The summed E-state index contributed by atoms with van der Waals surface area (Å²) < 4.78 is 1.56. The van der Waals surface area contributed by atoms with Gasteiger partial charge in [0, 0.05) is 26.0 Å². The molecule has 0 radical (unpaired) electrons. The zero-order chi connectivity index (χ0) is 15.4. The summed E-state index contributed by atoms with van der Waals surface area (Å²) in [5, 5.41) is 19.5. The number of aromatic hydroxyl groups is 1. The van der Waals surface area contributed by atoms with Gasteiger partial charge in [-0.15, -0.1) is 16.8 Å². The van der Waals surface area contributed by atoms with Gasteiger partial charge in [-0.3, -0.25) is 0 Å². The van der Waals surface area contributed by atoms with Crippen LogP contribution in [0.3, 0.4) is 0 Å². The van der Waals surface area contributed by atoms with Gasteiger partial charge in [0.25, 0.3) is 0 Å². The van der Waals surface area contributed by atoms with E-state index in [0.717, 1.165) is 10.9 Å². The third-order valence-electron chi connectivity index (χ3n) is 2.84. The van der Waals surface area contributed by atoms with Gasteiger partial charge in [0.05, 0.1) is 5.52 Å². The Morgan fingerprint density at radius 3 is 2.86 bits per heavy atom. The van der Waals surface area contributed by atoms with E-state index in [-0.39, 0.29) is 5.88 Å². The van der Waals surface area contributed by atoms with Crippen LogP contribution < -0.4 is 5.43 Å². The highest BCUT2D eigenvalue weighted by atomic mass is 32.1. The Labute approximate surface area is 128 Å². The predicted molar refractivity (Wildman–Crippen MR) is 88.8 cm³/mol. The van der Waals surface area contributed by atoms with Crippen LogP contribution in [0, 0.1) is 0 Å². The first kappa shape index (κ1) is 15.0. The molecule has 0 bridgehead atoms. The lowest BCUT2D eigenvalue weighted by molar-refractivity contribution is 0.438. The lowest BCUT2D eigenvalue weighted by atomic mass is 10.2. The molecule has 0 fully saturated rings. The molecule has 1 aromatic heterocycles. The molecule has 0 amide bonds. The molecule has 2 rings (SSSR count). The van der Waals surface area contributed by atoms with Gasteiger partial charge in [-0.25, -0.2) is 4.68 Å². The monoisotopic (exact) mass is 303 g/mol. The third-order valence-corrected chi connectivity index (χ3v) is 3.28. The minimum absolute atomic E-state index is 0.0108. The second-order valence-electron chi connectivity index (χ2n) is 4.55. The van der Waals surface area contributed by atoms with Crippen molar-refractivity contribution in [1.82, 2.24) is 9.58 Å². The number of fused-ring (bicyclic) bond motifs is 1. The van der Waals surface area contributed by atoms with Crippen LogP contribution in [0.25, 0.3) is 10.9 Å². The molecule has 6 nitrogen and oxygen atoms in total. The zero-order valence-electron chi connectivity index (χ0n) is 11.9. The van der Waals surface area contributed by atoms with Crippen molar-refractivity contribution in [3.8, 4) is 5.88 Å². The first-order valence-electron chi connectivity index (χ1n) is 6.36. The largest absolute Gasteiger partial charge is 0.492 e. The molecule has 0 aliphatic carbocycles. The number of nitrogens with one attached hydrogen (secondary N) is 1. The first-order chi connectivity index (χ1) is 10.1. The maximum absolute atomic E-state index is 10.3. The number of aromatic nitrogens is 1. The van der Waals surface area contributed by atoms with Crippen LogP contribution in [0.4, 0.5) is 5.69 Å². The van der Waals surface area contributed by atoms with Gasteiger partial charge >= 0.3 is 0 Å². The Hall–Kier alpha value is -2.41. The summed E-state index contributed by atoms with van der Waals surface area (Å²) >= 11 is 5.07. The van der Waals surface area contributed by atoms with Gasteiger partial charge < -0.3 is 15.4 Å². The zero-order valence-corrected chi connectivity index (χ0v) is 12.8. The molecule has 0 saturated heterocycles. The number of benzene rings is 1. The van der Waals surface area contributed by atoms with E-state index < -0.39 is 0 Å². The Morgan fingerprint density at radius 1 is 1.48 bits per heavy atom. The van der Waals surface area contributed by atoms with E-state index in [2.05, 4.69) is 22.2 Å². The van der Waals surface area contributed by atoms with Gasteiger partial charge in [-0.05, 0) is 18.3 Å². The van der Waals surface area contributed by atoms with Crippen molar-refractivity contribution in [2.24, 2.45) is 10.2 Å². The number of nitrogens with zero attached hydrogens (tertiary/aromatic N) is 4. The number of hydrogen-bond donors (Lipinski definition) is 2. The van der Waals surface area contributed by atoms with Crippen molar-refractivity contribution in [3.63, 3.8) is 0 Å². The summed E-state index contributed by atoms with van der Waals surface area (Å²) in [7, 11) is 3.58. The molecule has 2 aromatic rings. The minimum atomic E-state index is -0.0108. The van der Waals surface area contributed by atoms with Gasteiger partial charge in [-0.2, -0.15) is 0 Å². The van der Waals surface area contributed by atoms with Gasteiger partial charge in [-0.1, -0.05) is 24.3 Å². The van der Waals surface area contributed by atoms with Crippen LogP contribution in [0.2, 0.25) is 0 Å². The second-order valence-corrected chi connectivity index (χ2v) is 4.92. The lowest BCUT2D eigenvalue weighted by Gasteiger charge is -2.07. The maximum Gasteiger partial charge on any atom is 0.239 e. The van der Waals surface area contributed by atoms with E-state index in [1.807, 2.05) is 24.3 Å². The normalized spacial score (nSPS) is 11.0. The Kier molecular flexibility index (Phi) is 4.54. The van der Waals surface area contributed by atoms with Crippen molar-refractivity contribution in [2.45, 2.75) is 0 Å². The molecule has 21 heavy (non-hydrogen) atoms. The van der Waals surface area contributed by atoms with E-state index >= 15 is 0 Å². The molecule has 1 heterocycles. The molecule has 0 aliphatic heterocycles. The topological polar surface area (TPSA) is 65.1 Å². The maximum atomic E-state index is 10.3. The summed E-state index contributed by atoms with van der Waals surface area (Å²) in [6, 6.07) is 7.52. The molecule has 0 saturated carbocycles. The molecule has 2 N–H and O–H groups in total.